The molecular formula is C24H27BrN5O9P. The van der Waals surface area contributed by atoms with Crippen molar-refractivity contribution in [1.82, 2.24) is 14.6 Å². The topological polar surface area (TPSA) is 183 Å². The molecule has 3 heterocycles. The Hall–Kier alpha value is -3.20. The van der Waals surface area contributed by atoms with E-state index >= 15 is 0 Å². The van der Waals surface area contributed by atoms with E-state index in [9.17, 15) is 24.1 Å². The second kappa shape index (κ2) is 13.4. The molecule has 16 heteroatoms. The first-order valence-electron chi connectivity index (χ1n) is 12.1. The molecule has 1 aromatic heterocycles. The number of ether oxygens (including phenoxy) is 2. The van der Waals surface area contributed by atoms with Crippen LogP contribution in [0, 0.1) is 0 Å². The number of hydrogen-bond donors (Lipinski definition) is 3. The zero-order valence-corrected chi connectivity index (χ0v) is 23.7. The highest BCUT2D eigenvalue weighted by molar-refractivity contribution is 9.11. The third-order valence-corrected chi connectivity index (χ3v) is 7.80. The summed E-state index contributed by atoms with van der Waals surface area (Å²) < 4.78 is 37.1. The Balaban J connectivity index is 1.52. The number of aromatic amines is 1. The maximum absolute atomic E-state index is 13.9. The summed E-state index contributed by atoms with van der Waals surface area (Å²) in [6.07, 6.45) is 1.04. The second-order valence-electron chi connectivity index (χ2n) is 8.73. The van der Waals surface area contributed by atoms with Crippen molar-refractivity contribution in [2.75, 3.05) is 20.3 Å². The number of nitrogens with zero attached hydrogens (tertiary/aromatic N) is 3. The van der Waals surface area contributed by atoms with E-state index in [1.54, 1.807) is 30.3 Å². The highest BCUT2D eigenvalue weighted by atomic mass is 79.9. The fourth-order valence-electron chi connectivity index (χ4n) is 4.00. The summed E-state index contributed by atoms with van der Waals surface area (Å²) in [5, 5.41) is 13.3. The Morgan fingerprint density at radius 2 is 2.15 bits per heavy atom. The molecule has 4 rings (SSSR count). The molecule has 1 fully saturated rings. The van der Waals surface area contributed by atoms with E-state index in [0.717, 1.165) is 4.57 Å². The number of carbonyl (C=O) groups excluding carboxylic acids is 1. The van der Waals surface area contributed by atoms with Gasteiger partial charge in [0.1, 0.15) is 30.5 Å². The van der Waals surface area contributed by atoms with Crippen LogP contribution in [-0.2, 0) is 23.4 Å². The van der Waals surface area contributed by atoms with Gasteiger partial charge in [-0.1, -0.05) is 34.1 Å². The molecule has 3 N–H and O–H groups in total. The van der Waals surface area contributed by atoms with Gasteiger partial charge in [-0.2, -0.15) is 5.09 Å². The van der Waals surface area contributed by atoms with Crippen LogP contribution in [0.5, 0.6) is 5.75 Å². The van der Waals surface area contributed by atoms with Crippen LogP contribution >= 0.6 is 23.7 Å². The largest absolute Gasteiger partial charge is 0.468 e. The highest BCUT2D eigenvalue weighted by Crippen LogP contribution is 2.46. The molecule has 1 aromatic carbocycles. The number of aliphatic imine (C=N–C) groups is 2. The molecule has 2 aliphatic rings. The minimum absolute atomic E-state index is 0.0146. The molecule has 0 aliphatic carbocycles. The third-order valence-electron chi connectivity index (χ3n) is 5.97. The molecule has 2 aromatic rings. The van der Waals surface area contributed by atoms with Gasteiger partial charge in [-0.05, 0) is 23.2 Å². The Kier molecular flexibility index (Phi) is 10.0. The van der Waals surface area contributed by atoms with Gasteiger partial charge in [-0.15, -0.1) is 0 Å². The van der Waals surface area contributed by atoms with Gasteiger partial charge in [0.15, 0.2) is 0 Å². The summed E-state index contributed by atoms with van der Waals surface area (Å²) in [6.45, 7) is -0.153. The predicted molar refractivity (Wildman–Crippen MR) is 149 cm³/mol. The number of halogens is 1. The van der Waals surface area contributed by atoms with Crippen LogP contribution in [0.3, 0.4) is 0 Å². The number of aliphatic hydroxyl groups excluding tert-OH is 1. The third kappa shape index (κ3) is 7.50. The van der Waals surface area contributed by atoms with Crippen molar-refractivity contribution >= 4 is 47.8 Å². The molecule has 0 spiro atoms. The predicted octanol–water partition coefficient (Wildman–Crippen LogP) is 1.76. The standard InChI is InChI=1S/C24H27BrN5O9P/c1-36-23(33)18(9-16-11-26-14-27-16)29-40(35,39-17-5-3-2-4-6-17)37-13-20-19(31)10-21(38-20)30-12-15(7-8-25)22(32)28-24(30)34/h2-8,12,14,18-21,31H,9-11,13H2,1H3,(H,29,35)(H,28,32,34)/b8-7+/t18-,19?,20?,21?,40?/m0/s1. The number of benzene rings is 1. The molecule has 0 bridgehead atoms. The van der Waals surface area contributed by atoms with E-state index < -0.39 is 56.0 Å². The first kappa shape index (κ1) is 29.8. The summed E-state index contributed by atoms with van der Waals surface area (Å²) in [5.74, 6) is -0.528. The summed E-state index contributed by atoms with van der Waals surface area (Å²) in [5.41, 5.74) is -0.567. The minimum atomic E-state index is -4.29. The van der Waals surface area contributed by atoms with Crippen molar-refractivity contribution in [3.05, 3.63) is 67.9 Å². The van der Waals surface area contributed by atoms with Crippen LogP contribution in [-0.4, -0.2) is 71.2 Å². The van der Waals surface area contributed by atoms with Gasteiger partial charge in [-0.3, -0.25) is 28.7 Å². The number of para-hydroxylation sites is 1. The van der Waals surface area contributed by atoms with Crippen molar-refractivity contribution in [3.63, 3.8) is 0 Å². The van der Waals surface area contributed by atoms with Crippen molar-refractivity contribution in [2.45, 2.75) is 37.3 Å². The van der Waals surface area contributed by atoms with Crippen LogP contribution in [0.2, 0.25) is 0 Å². The average Bonchev–Trinajstić information content (AvgIpc) is 3.58. The van der Waals surface area contributed by atoms with Crippen molar-refractivity contribution in [1.29, 1.82) is 0 Å². The quantitative estimate of drug-likeness (QED) is 0.228. The van der Waals surface area contributed by atoms with Gasteiger partial charge < -0.3 is 19.1 Å². The molecule has 0 amide bonds. The molecule has 0 radical (unpaired) electrons. The van der Waals surface area contributed by atoms with Crippen molar-refractivity contribution in [3.8, 4) is 5.75 Å². The number of methoxy groups -OCH3 is 1. The Morgan fingerprint density at radius 3 is 2.83 bits per heavy atom. The molecular weight excluding hydrogens is 613 g/mol. The molecule has 14 nitrogen and oxygen atoms in total. The molecule has 1 saturated heterocycles. The zero-order valence-electron chi connectivity index (χ0n) is 21.2. The van der Waals surface area contributed by atoms with E-state index in [1.165, 1.54) is 30.7 Å². The molecule has 214 valence electrons. The van der Waals surface area contributed by atoms with Crippen LogP contribution < -0.4 is 20.9 Å². The number of rotatable bonds is 12. The lowest BCUT2D eigenvalue weighted by Gasteiger charge is -2.25. The zero-order chi connectivity index (χ0) is 28.7. The highest BCUT2D eigenvalue weighted by Gasteiger charge is 2.40. The summed E-state index contributed by atoms with van der Waals surface area (Å²) in [4.78, 5) is 48.7. The first-order chi connectivity index (χ1) is 19.2. The number of nitrogens with one attached hydrogen (secondary N) is 2. The number of H-pyrrole nitrogens is 1. The first-order valence-corrected chi connectivity index (χ1v) is 14.5. The van der Waals surface area contributed by atoms with Gasteiger partial charge >= 0.3 is 19.4 Å². The Labute approximate surface area is 236 Å². The lowest BCUT2D eigenvalue weighted by atomic mass is 10.1. The van der Waals surface area contributed by atoms with Crippen LogP contribution in [0.25, 0.3) is 6.08 Å². The average molecular weight is 640 g/mol. The van der Waals surface area contributed by atoms with Crippen LogP contribution in [0.1, 0.15) is 24.6 Å². The fraction of sp³-hybridized carbons (Fsp3) is 0.375. The van der Waals surface area contributed by atoms with Crippen LogP contribution in [0.15, 0.2) is 61.1 Å². The summed E-state index contributed by atoms with van der Waals surface area (Å²) in [7, 11) is -3.10. The molecule has 5 atom stereocenters. The normalized spacial score (nSPS) is 22.7. The number of hydrogen-bond acceptors (Lipinski definition) is 11. The van der Waals surface area contributed by atoms with E-state index in [4.69, 9.17) is 18.5 Å². The number of esters is 1. The van der Waals surface area contributed by atoms with E-state index in [0.29, 0.717) is 5.71 Å². The van der Waals surface area contributed by atoms with Crippen LogP contribution in [0.4, 0.5) is 0 Å². The smallest absolute Gasteiger partial charge is 0.459 e. The molecule has 2 aliphatic heterocycles. The molecule has 40 heavy (non-hydrogen) atoms. The molecule has 0 saturated carbocycles. The minimum Gasteiger partial charge on any atom is -0.468 e. The number of aromatic nitrogens is 2. The lowest BCUT2D eigenvalue weighted by Crippen LogP contribution is -2.40. The fourth-order valence-corrected chi connectivity index (χ4v) is 5.78. The maximum atomic E-state index is 13.9. The van der Waals surface area contributed by atoms with E-state index in [2.05, 4.69) is 36.0 Å². The lowest BCUT2D eigenvalue weighted by molar-refractivity contribution is -0.142. The van der Waals surface area contributed by atoms with E-state index in [1.807, 2.05) is 0 Å². The van der Waals surface area contributed by atoms with Gasteiger partial charge in [-0.25, -0.2) is 14.4 Å². The van der Waals surface area contributed by atoms with E-state index in [-0.39, 0.29) is 30.7 Å². The van der Waals surface area contributed by atoms with Crippen molar-refractivity contribution in [2.24, 2.45) is 9.98 Å². The van der Waals surface area contributed by atoms with Gasteiger partial charge in [0, 0.05) is 24.8 Å². The monoisotopic (exact) mass is 639 g/mol. The summed E-state index contributed by atoms with van der Waals surface area (Å²) in [6, 6.07) is 7.02. The number of carbonyl (C=O) groups is 1. The van der Waals surface area contributed by atoms with Crippen molar-refractivity contribution < 1.29 is 33.0 Å². The van der Waals surface area contributed by atoms with Gasteiger partial charge in [0.2, 0.25) is 0 Å². The molecule has 4 unspecified atom stereocenters. The Morgan fingerprint density at radius 1 is 1.38 bits per heavy atom. The van der Waals surface area contributed by atoms with Gasteiger partial charge in [0.25, 0.3) is 5.56 Å². The number of aliphatic hydroxyl groups is 1. The Bertz CT molecular complexity index is 1460. The SMILES string of the molecule is COC(=O)[C@H](CC1=NC=NC1)NP(=O)(OCC1OC(n2cc(/C=C/Br)c(=O)[nH]c2=O)CC1O)Oc1ccccc1. The maximum Gasteiger partial charge on any atom is 0.459 e. The van der Waals surface area contributed by atoms with Gasteiger partial charge in [0.05, 0.1) is 31.9 Å². The second-order valence-corrected chi connectivity index (χ2v) is 11.0. The summed E-state index contributed by atoms with van der Waals surface area (Å²) >= 11 is 3.09.